The number of aromatic amines is 1. The molecular formula is C12H17ClN2O2. The van der Waals surface area contributed by atoms with Crippen molar-refractivity contribution in [2.75, 3.05) is 0 Å². The Bertz CT molecular complexity index is 481. The molecule has 0 unspecified atom stereocenters. The van der Waals surface area contributed by atoms with Gasteiger partial charge in [0.2, 0.25) is 0 Å². The molecule has 1 aliphatic carbocycles. The van der Waals surface area contributed by atoms with Crippen LogP contribution in [0.2, 0.25) is 5.15 Å². The van der Waals surface area contributed by atoms with Gasteiger partial charge in [-0.3, -0.25) is 14.3 Å². The fourth-order valence-corrected chi connectivity index (χ4v) is 2.90. The number of hydrogen-bond donors (Lipinski definition) is 1. The summed E-state index contributed by atoms with van der Waals surface area (Å²) >= 11 is 5.64. The van der Waals surface area contributed by atoms with E-state index in [0.29, 0.717) is 6.54 Å². The smallest absolute Gasteiger partial charge is 0.298 e. The number of H-pyrrole nitrogens is 1. The lowest BCUT2D eigenvalue weighted by Crippen LogP contribution is -2.39. The number of nitrogens with one attached hydrogen (secondary N) is 1. The lowest BCUT2D eigenvalue weighted by atomic mass is 9.83. The number of hydrogen-bond acceptors (Lipinski definition) is 2. The third-order valence-corrected chi connectivity index (χ3v) is 4.10. The fraction of sp³-hybridized carbons (Fsp3) is 0.667. The Morgan fingerprint density at radius 3 is 2.59 bits per heavy atom. The van der Waals surface area contributed by atoms with Gasteiger partial charge in [0.05, 0.1) is 0 Å². The van der Waals surface area contributed by atoms with E-state index in [1.165, 1.54) is 23.5 Å². The maximum atomic E-state index is 11.8. The predicted molar refractivity (Wildman–Crippen MR) is 67.5 cm³/mol. The Balaban J connectivity index is 2.36. The molecule has 5 heteroatoms. The van der Waals surface area contributed by atoms with Gasteiger partial charge in [-0.15, -0.1) is 0 Å². The van der Waals surface area contributed by atoms with Crippen molar-refractivity contribution in [2.45, 2.75) is 45.6 Å². The van der Waals surface area contributed by atoms with Crippen LogP contribution in [0, 0.1) is 5.41 Å². The molecule has 0 bridgehead atoms. The van der Waals surface area contributed by atoms with E-state index in [1.807, 2.05) is 0 Å². The van der Waals surface area contributed by atoms with Crippen molar-refractivity contribution >= 4 is 11.6 Å². The highest BCUT2D eigenvalue weighted by molar-refractivity contribution is 6.29. The molecular weight excluding hydrogens is 240 g/mol. The van der Waals surface area contributed by atoms with Crippen molar-refractivity contribution in [1.82, 2.24) is 9.55 Å². The Morgan fingerprint density at radius 2 is 2.06 bits per heavy atom. The molecule has 94 valence electrons. The fourth-order valence-electron chi connectivity index (χ4n) is 2.73. The van der Waals surface area contributed by atoms with Crippen LogP contribution in [0.25, 0.3) is 0 Å². The molecule has 1 saturated carbocycles. The second-order valence-corrected chi connectivity index (χ2v) is 5.31. The molecule has 1 aromatic rings. The highest BCUT2D eigenvalue weighted by Gasteiger charge is 2.33. The van der Waals surface area contributed by atoms with Crippen LogP contribution in [0.5, 0.6) is 0 Å². The molecule has 1 aromatic heterocycles. The van der Waals surface area contributed by atoms with Gasteiger partial charge >= 0.3 is 5.69 Å². The van der Waals surface area contributed by atoms with Crippen molar-refractivity contribution in [3.05, 3.63) is 32.1 Å². The van der Waals surface area contributed by atoms with Gasteiger partial charge in [-0.1, -0.05) is 31.4 Å². The minimum atomic E-state index is -0.401. The summed E-state index contributed by atoms with van der Waals surface area (Å²) in [5, 5.41) is 0.105. The molecule has 2 rings (SSSR count). The van der Waals surface area contributed by atoms with E-state index in [9.17, 15) is 9.59 Å². The standard InChI is InChI=1S/C12H17ClN2O2/c1-2-12(5-3-4-6-12)8-15-10(16)7-9(13)14-11(15)17/h7H,2-6,8H2,1H3,(H,14,17). The lowest BCUT2D eigenvalue weighted by Gasteiger charge is -2.27. The third kappa shape index (κ3) is 2.46. The summed E-state index contributed by atoms with van der Waals surface area (Å²) in [6, 6.07) is 1.27. The normalized spacial score (nSPS) is 18.5. The summed E-state index contributed by atoms with van der Waals surface area (Å²) in [4.78, 5) is 26.0. The number of halogens is 1. The summed E-state index contributed by atoms with van der Waals surface area (Å²) in [7, 11) is 0. The average Bonchev–Trinajstić information content (AvgIpc) is 2.73. The summed E-state index contributed by atoms with van der Waals surface area (Å²) in [6.45, 7) is 2.63. The summed E-state index contributed by atoms with van der Waals surface area (Å²) in [5.41, 5.74) is -0.592. The van der Waals surface area contributed by atoms with Gasteiger partial charge in [-0.05, 0) is 24.7 Å². The Kier molecular flexibility index (Phi) is 3.43. The van der Waals surface area contributed by atoms with Crippen LogP contribution < -0.4 is 11.2 Å². The van der Waals surface area contributed by atoms with Gasteiger partial charge in [-0.25, -0.2) is 4.79 Å². The first-order valence-electron chi connectivity index (χ1n) is 6.06. The van der Waals surface area contributed by atoms with E-state index >= 15 is 0 Å². The van der Waals surface area contributed by atoms with Crippen LogP contribution in [0.4, 0.5) is 0 Å². The summed E-state index contributed by atoms with van der Waals surface area (Å²) < 4.78 is 1.28. The van der Waals surface area contributed by atoms with Gasteiger partial charge in [0, 0.05) is 12.6 Å². The second-order valence-electron chi connectivity index (χ2n) is 4.91. The van der Waals surface area contributed by atoms with Gasteiger partial charge < -0.3 is 0 Å². The maximum absolute atomic E-state index is 11.8. The largest absolute Gasteiger partial charge is 0.329 e. The number of nitrogens with zero attached hydrogens (tertiary/aromatic N) is 1. The Labute approximate surface area is 105 Å². The number of aromatic nitrogens is 2. The quantitative estimate of drug-likeness (QED) is 0.843. The highest BCUT2D eigenvalue weighted by atomic mass is 35.5. The zero-order valence-electron chi connectivity index (χ0n) is 9.96. The van der Waals surface area contributed by atoms with Crippen LogP contribution in [0.1, 0.15) is 39.0 Å². The monoisotopic (exact) mass is 256 g/mol. The topological polar surface area (TPSA) is 54.9 Å². The van der Waals surface area contributed by atoms with Crippen molar-refractivity contribution in [3.8, 4) is 0 Å². The summed E-state index contributed by atoms with van der Waals surface area (Å²) in [5.74, 6) is 0. The maximum Gasteiger partial charge on any atom is 0.329 e. The van der Waals surface area contributed by atoms with Gasteiger partial charge in [-0.2, -0.15) is 0 Å². The molecule has 1 aliphatic rings. The van der Waals surface area contributed by atoms with Crippen LogP contribution in [0.3, 0.4) is 0 Å². The zero-order chi connectivity index (χ0) is 12.5. The molecule has 4 nitrogen and oxygen atoms in total. The van der Waals surface area contributed by atoms with Crippen LogP contribution in [-0.4, -0.2) is 9.55 Å². The van der Waals surface area contributed by atoms with Crippen LogP contribution in [0.15, 0.2) is 15.7 Å². The second kappa shape index (κ2) is 4.69. The Morgan fingerprint density at radius 1 is 1.41 bits per heavy atom. The first-order valence-corrected chi connectivity index (χ1v) is 6.44. The lowest BCUT2D eigenvalue weighted by molar-refractivity contribution is 0.230. The molecule has 0 saturated heterocycles. The molecule has 0 aliphatic heterocycles. The van der Waals surface area contributed by atoms with Crippen molar-refractivity contribution in [2.24, 2.45) is 5.41 Å². The van der Waals surface area contributed by atoms with E-state index in [1.54, 1.807) is 0 Å². The molecule has 1 heterocycles. The average molecular weight is 257 g/mol. The summed E-state index contributed by atoms with van der Waals surface area (Å²) in [6.07, 6.45) is 5.57. The van der Waals surface area contributed by atoms with E-state index in [2.05, 4.69) is 11.9 Å². The van der Waals surface area contributed by atoms with E-state index in [4.69, 9.17) is 11.6 Å². The van der Waals surface area contributed by atoms with Crippen molar-refractivity contribution in [3.63, 3.8) is 0 Å². The third-order valence-electron chi connectivity index (χ3n) is 3.90. The SMILES string of the molecule is CCC1(Cn2c(=O)cc(Cl)[nH]c2=O)CCCC1. The van der Waals surface area contributed by atoms with Crippen LogP contribution >= 0.6 is 11.6 Å². The molecule has 1 N–H and O–H groups in total. The first-order chi connectivity index (χ1) is 8.06. The van der Waals surface area contributed by atoms with Gasteiger partial charge in [0.1, 0.15) is 5.15 Å². The minimum Gasteiger partial charge on any atom is -0.298 e. The van der Waals surface area contributed by atoms with E-state index < -0.39 is 5.69 Å². The van der Waals surface area contributed by atoms with Gasteiger partial charge in [0.15, 0.2) is 0 Å². The molecule has 0 atom stereocenters. The molecule has 0 aromatic carbocycles. The highest BCUT2D eigenvalue weighted by Crippen LogP contribution is 2.41. The van der Waals surface area contributed by atoms with Crippen molar-refractivity contribution in [1.29, 1.82) is 0 Å². The Hall–Kier alpha value is -1.03. The predicted octanol–water partition coefficient (Wildman–Crippen LogP) is 2.16. The van der Waals surface area contributed by atoms with E-state index in [0.717, 1.165) is 19.3 Å². The number of rotatable bonds is 3. The van der Waals surface area contributed by atoms with E-state index in [-0.39, 0.29) is 16.1 Å². The molecule has 0 amide bonds. The molecule has 0 radical (unpaired) electrons. The minimum absolute atomic E-state index is 0.105. The van der Waals surface area contributed by atoms with Crippen molar-refractivity contribution < 1.29 is 0 Å². The zero-order valence-corrected chi connectivity index (χ0v) is 10.7. The first kappa shape index (κ1) is 12.4. The molecule has 1 fully saturated rings. The molecule has 0 spiro atoms. The van der Waals surface area contributed by atoms with Crippen LogP contribution in [-0.2, 0) is 6.54 Å². The van der Waals surface area contributed by atoms with Gasteiger partial charge in [0.25, 0.3) is 5.56 Å². The molecule has 17 heavy (non-hydrogen) atoms.